The maximum Gasteiger partial charge on any atom is 0.266 e. The van der Waals surface area contributed by atoms with E-state index in [1.807, 2.05) is 61.5 Å². The molecule has 2 aliphatic rings. The van der Waals surface area contributed by atoms with Gasteiger partial charge in [-0.2, -0.15) is 0 Å². The molecule has 4 aromatic rings. The number of furan rings is 1. The number of hydroxylamine groups is 1. The van der Waals surface area contributed by atoms with Crippen molar-refractivity contribution in [1.29, 1.82) is 0 Å². The molecular formula is C28H20Cl2N2O4. The van der Waals surface area contributed by atoms with E-state index in [-0.39, 0.29) is 5.91 Å². The molecule has 0 unspecified atom stereocenters. The summed E-state index contributed by atoms with van der Waals surface area (Å²) in [5, 5.41) is 2.46. The first-order valence-electron chi connectivity index (χ1n) is 11.4. The predicted molar refractivity (Wildman–Crippen MR) is 138 cm³/mol. The second kappa shape index (κ2) is 8.82. The lowest BCUT2D eigenvalue weighted by molar-refractivity contribution is -0.126. The lowest BCUT2D eigenvalue weighted by Crippen LogP contribution is -2.37. The Morgan fingerprint density at radius 2 is 1.53 bits per heavy atom. The third-order valence-electron chi connectivity index (χ3n) is 6.54. The summed E-state index contributed by atoms with van der Waals surface area (Å²) in [5.74, 6) is -0.448. The number of nitrogens with zero attached hydrogens (tertiary/aromatic N) is 2. The van der Waals surface area contributed by atoms with Crippen LogP contribution in [0.15, 0.2) is 89.3 Å². The van der Waals surface area contributed by atoms with Gasteiger partial charge >= 0.3 is 0 Å². The van der Waals surface area contributed by atoms with Gasteiger partial charge in [0.25, 0.3) is 5.91 Å². The highest BCUT2D eigenvalue weighted by atomic mass is 35.5. The normalized spacial score (nSPS) is 21.4. The maximum absolute atomic E-state index is 13.7. The van der Waals surface area contributed by atoms with E-state index in [0.29, 0.717) is 32.9 Å². The zero-order chi connectivity index (χ0) is 25.0. The van der Waals surface area contributed by atoms with Crippen LogP contribution in [0.5, 0.6) is 0 Å². The zero-order valence-corrected chi connectivity index (χ0v) is 20.6. The number of imide groups is 1. The summed E-state index contributed by atoms with van der Waals surface area (Å²) in [5.41, 5.74) is 3.02. The molecular weight excluding hydrogens is 499 g/mol. The predicted octanol–water partition coefficient (Wildman–Crippen LogP) is 6.61. The Balaban J connectivity index is 1.41. The van der Waals surface area contributed by atoms with Gasteiger partial charge in [0, 0.05) is 5.56 Å². The highest BCUT2D eigenvalue weighted by Gasteiger charge is 2.61. The first-order valence-corrected chi connectivity index (χ1v) is 12.2. The Bertz CT molecular complexity index is 1470. The minimum atomic E-state index is -0.970. The molecule has 1 aromatic heterocycles. The largest absolute Gasteiger partial charge is 0.459 e. The van der Waals surface area contributed by atoms with Crippen LogP contribution in [0.4, 0.5) is 11.4 Å². The maximum atomic E-state index is 13.7. The molecule has 2 fully saturated rings. The van der Waals surface area contributed by atoms with Crippen LogP contribution in [-0.4, -0.2) is 17.9 Å². The summed E-state index contributed by atoms with van der Waals surface area (Å²) in [6, 6.07) is 24.8. The van der Waals surface area contributed by atoms with Gasteiger partial charge in [-0.25, -0.2) is 9.96 Å². The van der Waals surface area contributed by atoms with Crippen LogP contribution in [0.3, 0.4) is 0 Å². The fourth-order valence-electron chi connectivity index (χ4n) is 4.77. The lowest BCUT2D eigenvalue weighted by atomic mass is 9.94. The molecule has 3 aromatic carbocycles. The highest BCUT2D eigenvalue weighted by Crippen LogP contribution is 2.48. The fraction of sp³-hybridized carbons (Fsp3) is 0.143. The second-order valence-electron chi connectivity index (χ2n) is 8.84. The number of para-hydroxylation sites is 1. The molecule has 0 aliphatic carbocycles. The van der Waals surface area contributed by atoms with E-state index < -0.39 is 24.0 Å². The van der Waals surface area contributed by atoms with E-state index in [9.17, 15) is 9.59 Å². The van der Waals surface area contributed by atoms with Gasteiger partial charge in [-0.05, 0) is 61.5 Å². The van der Waals surface area contributed by atoms with Crippen LogP contribution in [0, 0.1) is 12.8 Å². The number of amides is 2. The van der Waals surface area contributed by atoms with Gasteiger partial charge in [0.05, 0.1) is 21.4 Å². The lowest BCUT2D eigenvalue weighted by Gasteiger charge is -2.27. The van der Waals surface area contributed by atoms with Gasteiger partial charge in [-0.15, -0.1) is 0 Å². The van der Waals surface area contributed by atoms with Gasteiger partial charge in [0.15, 0.2) is 6.10 Å². The Morgan fingerprint density at radius 3 is 2.25 bits per heavy atom. The second-order valence-corrected chi connectivity index (χ2v) is 9.65. The molecule has 2 amide bonds. The van der Waals surface area contributed by atoms with Crippen molar-refractivity contribution < 1.29 is 18.8 Å². The molecule has 2 saturated heterocycles. The SMILES string of the molecule is Cc1ccc(N2C(=O)[C@@H]3[C@@H](ON(c4ccccc4)[C@H]3c3ccc(-c4ccc(Cl)c(Cl)c4)o3)C2=O)cc1. The molecule has 8 heteroatoms. The molecule has 0 bridgehead atoms. The van der Waals surface area contributed by atoms with Crippen LogP contribution in [-0.2, 0) is 14.4 Å². The molecule has 6 rings (SSSR count). The summed E-state index contributed by atoms with van der Waals surface area (Å²) < 4.78 is 6.24. The molecule has 0 N–H and O–H groups in total. The smallest absolute Gasteiger partial charge is 0.266 e. The summed E-state index contributed by atoms with van der Waals surface area (Å²) >= 11 is 12.3. The number of rotatable bonds is 4. The van der Waals surface area contributed by atoms with Crippen molar-refractivity contribution in [3.63, 3.8) is 0 Å². The van der Waals surface area contributed by atoms with Crippen molar-refractivity contribution in [2.75, 3.05) is 9.96 Å². The molecule has 0 spiro atoms. The number of carbonyl (C=O) groups excluding carboxylic acids is 2. The molecule has 3 atom stereocenters. The number of hydrogen-bond donors (Lipinski definition) is 0. The van der Waals surface area contributed by atoms with E-state index >= 15 is 0 Å². The van der Waals surface area contributed by atoms with Gasteiger partial charge < -0.3 is 4.42 Å². The fourth-order valence-corrected chi connectivity index (χ4v) is 5.06. The van der Waals surface area contributed by atoms with Gasteiger partial charge in [-0.3, -0.25) is 14.4 Å². The van der Waals surface area contributed by atoms with E-state index in [0.717, 1.165) is 11.1 Å². The first kappa shape index (κ1) is 22.9. The third kappa shape index (κ3) is 3.69. The van der Waals surface area contributed by atoms with Crippen molar-refractivity contribution >= 4 is 46.4 Å². The Hall–Kier alpha value is -3.58. The quantitative estimate of drug-likeness (QED) is 0.284. The summed E-state index contributed by atoms with van der Waals surface area (Å²) in [4.78, 5) is 34.5. The number of benzene rings is 3. The van der Waals surface area contributed by atoms with Crippen molar-refractivity contribution in [2.45, 2.75) is 19.1 Å². The number of hydrogen-bond acceptors (Lipinski definition) is 5. The minimum Gasteiger partial charge on any atom is -0.459 e. The Kier molecular flexibility index (Phi) is 5.60. The van der Waals surface area contributed by atoms with E-state index in [2.05, 4.69) is 0 Å². The van der Waals surface area contributed by atoms with Gasteiger partial charge in [0.1, 0.15) is 23.5 Å². The summed E-state index contributed by atoms with van der Waals surface area (Å²) in [7, 11) is 0. The summed E-state index contributed by atoms with van der Waals surface area (Å²) in [6.45, 7) is 1.95. The monoisotopic (exact) mass is 518 g/mol. The average Bonchev–Trinajstić information content (AvgIpc) is 3.58. The topological polar surface area (TPSA) is 63.0 Å². The number of fused-ring (bicyclic) bond motifs is 1. The van der Waals surface area contributed by atoms with Crippen LogP contribution in [0.2, 0.25) is 10.0 Å². The molecule has 0 radical (unpaired) electrons. The van der Waals surface area contributed by atoms with Crippen LogP contribution >= 0.6 is 23.2 Å². The van der Waals surface area contributed by atoms with Crippen molar-refractivity contribution in [3.05, 3.63) is 106 Å². The van der Waals surface area contributed by atoms with Crippen molar-refractivity contribution in [2.24, 2.45) is 5.92 Å². The Labute approximate surface area is 217 Å². The molecule has 3 heterocycles. The van der Waals surface area contributed by atoms with Crippen LogP contribution in [0.25, 0.3) is 11.3 Å². The molecule has 180 valence electrons. The van der Waals surface area contributed by atoms with Gasteiger partial charge in [0.2, 0.25) is 5.91 Å². The minimum absolute atomic E-state index is 0.329. The highest BCUT2D eigenvalue weighted by molar-refractivity contribution is 6.42. The first-order chi connectivity index (χ1) is 17.4. The average molecular weight is 519 g/mol. The number of aryl methyl sites for hydroxylation is 1. The number of carbonyl (C=O) groups is 2. The van der Waals surface area contributed by atoms with Crippen molar-refractivity contribution in [1.82, 2.24) is 0 Å². The van der Waals surface area contributed by atoms with Gasteiger partial charge in [-0.1, -0.05) is 59.1 Å². The summed E-state index contributed by atoms with van der Waals surface area (Å²) in [6.07, 6.45) is -0.970. The van der Waals surface area contributed by atoms with Crippen LogP contribution in [0.1, 0.15) is 17.4 Å². The number of halogens is 2. The molecule has 6 nitrogen and oxygen atoms in total. The standard InChI is InChI=1S/C28H20Cl2N2O4/c1-16-7-10-18(11-8-16)31-27(33)24-25(32(36-26(24)28(31)34)19-5-3-2-4-6-19)23-14-13-22(35-23)17-9-12-20(29)21(30)15-17/h2-15,24-26H,1H3/t24-,25-,26+/m0/s1. The van der Waals surface area contributed by atoms with E-state index in [1.165, 1.54) is 4.90 Å². The zero-order valence-electron chi connectivity index (χ0n) is 19.1. The van der Waals surface area contributed by atoms with E-state index in [4.69, 9.17) is 32.5 Å². The molecule has 36 heavy (non-hydrogen) atoms. The van der Waals surface area contributed by atoms with Crippen LogP contribution < -0.4 is 9.96 Å². The molecule has 2 aliphatic heterocycles. The molecule has 0 saturated carbocycles. The number of anilines is 2. The van der Waals surface area contributed by atoms with E-state index in [1.54, 1.807) is 35.4 Å². The van der Waals surface area contributed by atoms with Crippen molar-refractivity contribution in [3.8, 4) is 11.3 Å². The Morgan fingerprint density at radius 1 is 0.778 bits per heavy atom. The third-order valence-corrected chi connectivity index (χ3v) is 7.28.